The van der Waals surface area contributed by atoms with Gasteiger partial charge in [-0.3, -0.25) is 9.69 Å². The van der Waals surface area contributed by atoms with Gasteiger partial charge in [-0.1, -0.05) is 6.07 Å². The van der Waals surface area contributed by atoms with Gasteiger partial charge in [0.1, 0.15) is 0 Å². The quantitative estimate of drug-likeness (QED) is 0.840. The van der Waals surface area contributed by atoms with E-state index in [0.717, 1.165) is 37.5 Å². The normalized spacial score (nSPS) is 24.3. The third-order valence-corrected chi connectivity index (χ3v) is 4.05. The molecule has 1 amide bonds. The monoisotopic (exact) mass is 282 g/mol. The van der Waals surface area contributed by atoms with Crippen LogP contribution in [0.25, 0.3) is 0 Å². The second kappa shape index (κ2) is 7.03. The molecule has 0 saturated carbocycles. The van der Waals surface area contributed by atoms with Crippen LogP contribution in [0.3, 0.4) is 0 Å². The third-order valence-electron chi connectivity index (χ3n) is 3.18. The highest BCUT2D eigenvalue weighted by Gasteiger charge is 2.21. The Morgan fingerprint density at radius 3 is 2.84 bits per heavy atom. The van der Waals surface area contributed by atoms with Crippen molar-refractivity contribution in [3.05, 3.63) is 22.4 Å². The number of nitrogens with one attached hydrogen (secondary N) is 1. The first-order chi connectivity index (χ1) is 9.15. The van der Waals surface area contributed by atoms with Gasteiger partial charge in [-0.25, -0.2) is 0 Å². The first-order valence-electron chi connectivity index (χ1n) is 6.84. The highest BCUT2D eigenvalue weighted by Crippen LogP contribution is 2.11. The molecule has 1 saturated heterocycles. The molecule has 2 rings (SSSR count). The van der Waals surface area contributed by atoms with E-state index in [0.29, 0.717) is 12.2 Å². The highest BCUT2D eigenvalue weighted by atomic mass is 32.1. The zero-order valence-electron chi connectivity index (χ0n) is 11.6. The number of carbonyl (C=O) groups excluding carboxylic acids is 1. The fraction of sp³-hybridized carbons (Fsp3) is 0.643. The zero-order valence-corrected chi connectivity index (χ0v) is 12.4. The van der Waals surface area contributed by atoms with E-state index in [2.05, 4.69) is 24.1 Å². The Morgan fingerprint density at radius 2 is 2.21 bits per heavy atom. The number of carbonyl (C=O) groups is 1. The van der Waals surface area contributed by atoms with Crippen molar-refractivity contribution in [2.24, 2.45) is 0 Å². The topological polar surface area (TPSA) is 41.6 Å². The fourth-order valence-electron chi connectivity index (χ4n) is 2.47. The van der Waals surface area contributed by atoms with E-state index in [4.69, 9.17) is 4.74 Å². The van der Waals surface area contributed by atoms with Gasteiger partial charge < -0.3 is 10.1 Å². The second-order valence-corrected chi connectivity index (χ2v) is 6.05. The van der Waals surface area contributed by atoms with Gasteiger partial charge >= 0.3 is 0 Å². The summed E-state index contributed by atoms with van der Waals surface area (Å²) in [5, 5.41) is 4.88. The molecule has 2 atom stereocenters. The molecule has 5 heteroatoms. The van der Waals surface area contributed by atoms with Gasteiger partial charge in [0.05, 0.1) is 17.1 Å². The van der Waals surface area contributed by atoms with Crippen molar-refractivity contribution in [1.82, 2.24) is 10.2 Å². The number of ether oxygens (including phenoxy) is 1. The molecule has 1 fully saturated rings. The van der Waals surface area contributed by atoms with Gasteiger partial charge in [-0.15, -0.1) is 11.3 Å². The Kier molecular flexibility index (Phi) is 5.36. The Bertz CT molecular complexity index is 384. The van der Waals surface area contributed by atoms with Gasteiger partial charge in [0, 0.05) is 26.2 Å². The molecule has 0 aliphatic carbocycles. The SMILES string of the molecule is C[C@@H]1CN(CCCNC(=O)c2cccs2)C[C@H](C)O1. The summed E-state index contributed by atoms with van der Waals surface area (Å²) < 4.78 is 5.70. The van der Waals surface area contributed by atoms with Crippen LogP contribution in [-0.4, -0.2) is 49.2 Å². The minimum absolute atomic E-state index is 0.0405. The van der Waals surface area contributed by atoms with E-state index in [1.54, 1.807) is 0 Å². The molecular weight excluding hydrogens is 260 g/mol. The van der Waals surface area contributed by atoms with Gasteiger partial charge in [-0.05, 0) is 31.7 Å². The number of nitrogens with zero attached hydrogens (tertiary/aromatic N) is 1. The lowest BCUT2D eigenvalue weighted by atomic mass is 10.2. The number of hydrogen-bond acceptors (Lipinski definition) is 4. The number of morpholine rings is 1. The van der Waals surface area contributed by atoms with E-state index in [9.17, 15) is 4.79 Å². The molecule has 0 unspecified atom stereocenters. The predicted octanol–water partition coefficient (Wildman–Crippen LogP) is 1.98. The molecule has 1 aliphatic heterocycles. The molecule has 1 N–H and O–H groups in total. The van der Waals surface area contributed by atoms with Crippen LogP contribution < -0.4 is 5.32 Å². The van der Waals surface area contributed by atoms with E-state index in [-0.39, 0.29) is 5.91 Å². The van der Waals surface area contributed by atoms with Crippen LogP contribution in [0.2, 0.25) is 0 Å². The second-order valence-electron chi connectivity index (χ2n) is 5.10. The average Bonchev–Trinajstić information content (AvgIpc) is 2.87. The van der Waals surface area contributed by atoms with Gasteiger partial charge in [0.2, 0.25) is 0 Å². The Balaban J connectivity index is 1.63. The predicted molar refractivity (Wildman–Crippen MR) is 77.7 cm³/mol. The molecule has 1 aromatic rings. The number of rotatable bonds is 5. The summed E-state index contributed by atoms with van der Waals surface area (Å²) in [5.41, 5.74) is 0. The zero-order chi connectivity index (χ0) is 13.7. The van der Waals surface area contributed by atoms with Crippen LogP contribution in [-0.2, 0) is 4.74 Å². The molecule has 0 aromatic carbocycles. The summed E-state index contributed by atoms with van der Waals surface area (Å²) in [7, 11) is 0. The van der Waals surface area contributed by atoms with Crippen LogP contribution in [0.15, 0.2) is 17.5 Å². The average molecular weight is 282 g/mol. The fourth-order valence-corrected chi connectivity index (χ4v) is 3.11. The molecule has 19 heavy (non-hydrogen) atoms. The maximum Gasteiger partial charge on any atom is 0.261 e. The molecule has 106 valence electrons. The summed E-state index contributed by atoms with van der Waals surface area (Å²) in [6, 6.07) is 3.75. The van der Waals surface area contributed by atoms with Crippen LogP contribution in [0.4, 0.5) is 0 Å². The maximum absolute atomic E-state index is 11.7. The van der Waals surface area contributed by atoms with E-state index in [1.165, 1.54) is 11.3 Å². The first kappa shape index (κ1) is 14.5. The van der Waals surface area contributed by atoms with Crippen molar-refractivity contribution in [3.63, 3.8) is 0 Å². The van der Waals surface area contributed by atoms with Crippen molar-refractivity contribution in [2.75, 3.05) is 26.2 Å². The smallest absolute Gasteiger partial charge is 0.261 e. The lowest BCUT2D eigenvalue weighted by Gasteiger charge is -2.35. The molecule has 1 aromatic heterocycles. The lowest BCUT2D eigenvalue weighted by Crippen LogP contribution is -2.46. The van der Waals surface area contributed by atoms with Crippen molar-refractivity contribution >= 4 is 17.2 Å². The largest absolute Gasteiger partial charge is 0.373 e. The lowest BCUT2D eigenvalue weighted by molar-refractivity contribution is -0.0679. The van der Waals surface area contributed by atoms with E-state index < -0.39 is 0 Å². The van der Waals surface area contributed by atoms with Gasteiger partial charge in [-0.2, -0.15) is 0 Å². The molecule has 0 bridgehead atoms. The number of hydrogen-bond donors (Lipinski definition) is 1. The summed E-state index contributed by atoms with van der Waals surface area (Å²) in [6.07, 6.45) is 1.60. The van der Waals surface area contributed by atoms with Crippen LogP contribution in [0.1, 0.15) is 29.9 Å². The summed E-state index contributed by atoms with van der Waals surface area (Å²) >= 11 is 1.48. The summed E-state index contributed by atoms with van der Waals surface area (Å²) in [4.78, 5) is 14.9. The van der Waals surface area contributed by atoms with Crippen molar-refractivity contribution < 1.29 is 9.53 Å². The molecular formula is C14H22N2O2S. The third kappa shape index (κ3) is 4.60. The molecule has 0 radical (unpaired) electrons. The van der Waals surface area contributed by atoms with E-state index in [1.807, 2.05) is 17.5 Å². The minimum Gasteiger partial charge on any atom is -0.373 e. The molecule has 4 nitrogen and oxygen atoms in total. The van der Waals surface area contributed by atoms with Crippen LogP contribution >= 0.6 is 11.3 Å². The summed E-state index contributed by atoms with van der Waals surface area (Å²) in [6.45, 7) is 7.95. The van der Waals surface area contributed by atoms with Crippen LogP contribution in [0, 0.1) is 0 Å². The van der Waals surface area contributed by atoms with Crippen LogP contribution in [0.5, 0.6) is 0 Å². The summed E-state index contributed by atoms with van der Waals surface area (Å²) in [5.74, 6) is 0.0405. The number of thiophene rings is 1. The Labute approximate surface area is 118 Å². The van der Waals surface area contributed by atoms with Crippen molar-refractivity contribution in [3.8, 4) is 0 Å². The number of amides is 1. The highest BCUT2D eigenvalue weighted by molar-refractivity contribution is 7.12. The van der Waals surface area contributed by atoms with Gasteiger partial charge in [0.15, 0.2) is 0 Å². The standard InChI is InChI=1S/C14H22N2O2S/c1-11-9-16(10-12(2)18-11)7-4-6-15-14(17)13-5-3-8-19-13/h3,5,8,11-12H,4,6-7,9-10H2,1-2H3,(H,15,17)/t11-,12+. The maximum atomic E-state index is 11.7. The van der Waals surface area contributed by atoms with Gasteiger partial charge in [0.25, 0.3) is 5.91 Å². The minimum atomic E-state index is 0.0405. The Hall–Kier alpha value is -0.910. The first-order valence-corrected chi connectivity index (χ1v) is 7.72. The molecule has 1 aliphatic rings. The van der Waals surface area contributed by atoms with E-state index >= 15 is 0 Å². The van der Waals surface area contributed by atoms with Crippen molar-refractivity contribution in [1.29, 1.82) is 0 Å². The Morgan fingerprint density at radius 1 is 1.47 bits per heavy atom. The molecule has 0 spiro atoms. The molecule has 2 heterocycles. The van der Waals surface area contributed by atoms with Crippen molar-refractivity contribution in [2.45, 2.75) is 32.5 Å².